The van der Waals surface area contributed by atoms with Crippen LogP contribution in [0, 0.1) is 0 Å². The topological polar surface area (TPSA) is 47.6 Å². The number of aryl methyl sites for hydroxylation is 2. The number of hydrogen-bond acceptors (Lipinski definition) is 3. The molecule has 1 N–H and O–H groups in total. The molecule has 0 bridgehead atoms. The van der Waals surface area contributed by atoms with E-state index in [2.05, 4.69) is 17.4 Å². The van der Waals surface area contributed by atoms with Crippen molar-refractivity contribution in [2.45, 2.75) is 38.7 Å². The number of ether oxygens (including phenoxy) is 2. The molecule has 4 heteroatoms. The number of anilines is 1. The monoisotopic (exact) mass is 325 g/mol. The number of hydrogen-bond donors (Lipinski definition) is 1. The molecule has 24 heavy (non-hydrogen) atoms. The van der Waals surface area contributed by atoms with Crippen LogP contribution in [0.2, 0.25) is 0 Å². The van der Waals surface area contributed by atoms with Gasteiger partial charge in [-0.05, 0) is 68.0 Å². The molecule has 1 aliphatic rings. The lowest BCUT2D eigenvalue weighted by molar-refractivity contribution is -0.122. The summed E-state index contributed by atoms with van der Waals surface area (Å²) in [7, 11) is 1.58. The first-order valence-corrected chi connectivity index (χ1v) is 8.39. The van der Waals surface area contributed by atoms with Gasteiger partial charge in [0.15, 0.2) is 6.10 Å². The summed E-state index contributed by atoms with van der Waals surface area (Å²) in [5.41, 5.74) is 3.39. The fourth-order valence-electron chi connectivity index (χ4n) is 3.02. The van der Waals surface area contributed by atoms with Gasteiger partial charge in [0.05, 0.1) is 12.8 Å². The molecule has 4 nitrogen and oxygen atoms in total. The highest BCUT2D eigenvalue weighted by Gasteiger charge is 2.17. The predicted molar refractivity (Wildman–Crippen MR) is 94.8 cm³/mol. The number of nitrogens with one attached hydrogen (secondary N) is 1. The Hall–Kier alpha value is -2.49. The van der Waals surface area contributed by atoms with Gasteiger partial charge in [-0.25, -0.2) is 0 Å². The average molecular weight is 325 g/mol. The van der Waals surface area contributed by atoms with Crippen LogP contribution in [0.15, 0.2) is 42.5 Å². The van der Waals surface area contributed by atoms with Crippen LogP contribution in [-0.4, -0.2) is 19.1 Å². The van der Waals surface area contributed by atoms with Gasteiger partial charge in [-0.2, -0.15) is 0 Å². The molecule has 0 fully saturated rings. The van der Waals surface area contributed by atoms with Crippen LogP contribution in [0.5, 0.6) is 11.5 Å². The number of para-hydroxylation sites is 2. The van der Waals surface area contributed by atoms with E-state index in [1.165, 1.54) is 24.0 Å². The molecule has 0 aliphatic heterocycles. The Morgan fingerprint density at radius 2 is 1.83 bits per heavy atom. The molecule has 1 atom stereocenters. The maximum absolute atomic E-state index is 12.4. The van der Waals surface area contributed by atoms with E-state index in [9.17, 15) is 4.79 Å². The molecular weight excluding hydrogens is 302 g/mol. The van der Waals surface area contributed by atoms with Crippen molar-refractivity contribution in [3.05, 3.63) is 53.6 Å². The van der Waals surface area contributed by atoms with Crippen molar-refractivity contribution in [1.29, 1.82) is 0 Å². The SMILES string of the molecule is COc1ccccc1NC(=O)[C@@H](C)Oc1ccc2c(c1)CCCC2. The van der Waals surface area contributed by atoms with Gasteiger partial charge in [-0.1, -0.05) is 18.2 Å². The highest BCUT2D eigenvalue weighted by atomic mass is 16.5. The first-order chi connectivity index (χ1) is 11.7. The van der Waals surface area contributed by atoms with Crippen LogP contribution < -0.4 is 14.8 Å². The molecule has 126 valence electrons. The number of carbonyl (C=O) groups is 1. The minimum absolute atomic E-state index is 0.197. The van der Waals surface area contributed by atoms with Gasteiger partial charge in [-0.15, -0.1) is 0 Å². The minimum atomic E-state index is -0.587. The van der Waals surface area contributed by atoms with Crippen molar-refractivity contribution in [1.82, 2.24) is 0 Å². The van der Waals surface area contributed by atoms with E-state index in [1.54, 1.807) is 14.0 Å². The van der Waals surface area contributed by atoms with Crippen LogP contribution >= 0.6 is 0 Å². The molecule has 0 aromatic heterocycles. The zero-order valence-electron chi connectivity index (χ0n) is 14.2. The summed E-state index contributed by atoms with van der Waals surface area (Å²) in [4.78, 5) is 12.4. The second kappa shape index (κ2) is 7.39. The molecule has 2 aromatic rings. The fourth-order valence-corrected chi connectivity index (χ4v) is 3.02. The Kier molecular flexibility index (Phi) is 5.04. The maximum Gasteiger partial charge on any atom is 0.265 e. The summed E-state index contributed by atoms with van der Waals surface area (Å²) in [6.07, 6.45) is 4.12. The molecule has 0 unspecified atom stereocenters. The van der Waals surface area contributed by atoms with Crippen molar-refractivity contribution >= 4 is 11.6 Å². The highest BCUT2D eigenvalue weighted by Crippen LogP contribution is 2.27. The van der Waals surface area contributed by atoms with Gasteiger partial charge in [0, 0.05) is 0 Å². The molecular formula is C20H23NO3. The maximum atomic E-state index is 12.4. The second-order valence-electron chi connectivity index (χ2n) is 6.09. The Morgan fingerprint density at radius 3 is 2.62 bits per heavy atom. The van der Waals surface area contributed by atoms with Crippen molar-refractivity contribution in [3.8, 4) is 11.5 Å². The average Bonchev–Trinajstić information content (AvgIpc) is 2.62. The molecule has 0 spiro atoms. The van der Waals surface area contributed by atoms with E-state index in [4.69, 9.17) is 9.47 Å². The summed E-state index contributed by atoms with van der Waals surface area (Å²) < 4.78 is 11.1. The third-order valence-electron chi connectivity index (χ3n) is 4.37. The second-order valence-corrected chi connectivity index (χ2v) is 6.09. The van der Waals surface area contributed by atoms with E-state index in [1.807, 2.05) is 30.3 Å². The van der Waals surface area contributed by atoms with Gasteiger partial charge in [0.2, 0.25) is 0 Å². The Labute approximate surface area is 142 Å². The van der Waals surface area contributed by atoms with Gasteiger partial charge >= 0.3 is 0 Å². The molecule has 0 radical (unpaired) electrons. The lowest BCUT2D eigenvalue weighted by Crippen LogP contribution is -2.30. The van der Waals surface area contributed by atoms with E-state index in [0.29, 0.717) is 11.4 Å². The Morgan fingerprint density at radius 1 is 1.08 bits per heavy atom. The van der Waals surface area contributed by atoms with Gasteiger partial charge < -0.3 is 14.8 Å². The standard InChI is InChI=1S/C20H23NO3/c1-14(20(22)21-18-9-5-6-10-19(18)23-2)24-17-12-11-15-7-3-4-8-16(15)13-17/h5-6,9-14H,3-4,7-8H2,1-2H3,(H,21,22)/t14-/m1/s1. The smallest absolute Gasteiger partial charge is 0.265 e. The van der Waals surface area contributed by atoms with E-state index >= 15 is 0 Å². The number of carbonyl (C=O) groups excluding carboxylic acids is 1. The van der Waals surface area contributed by atoms with E-state index in [-0.39, 0.29) is 5.91 Å². The third-order valence-corrected chi connectivity index (χ3v) is 4.37. The lowest BCUT2D eigenvalue weighted by atomic mass is 9.92. The summed E-state index contributed by atoms with van der Waals surface area (Å²) in [5.74, 6) is 1.18. The quantitative estimate of drug-likeness (QED) is 0.904. The summed E-state index contributed by atoms with van der Waals surface area (Å²) in [5, 5.41) is 2.85. The zero-order valence-corrected chi connectivity index (χ0v) is 14.2. The zero-order chi connectivity index (χ0) is 16.9. The van der Waals surface area contributed by atoms with Crippen molar-refractivity contribution in [3.63, 3.8) is 0 Å². The Balaban J connectivity index is 1.66. The Bertz CT molecular complexity index is 727. The van der Waals surface area contributed by atoms with Gasteiger partial charge in [0.1, 0.15) is 11.5 Å². The normalized spacial score (nSPS) is 14.4. The van der Waals surface area contributed by atoms with Gasteiger partial charge in [-0.3, -0.25) is 4.79 Å². The highest BCUT2D eigenvalue weighted by molar-refractivity contribution is 5.95. The number of methoxy groups -OCH3 is 1. The fraction of sp³-hybridized carbons (Fsp3) is 0.350. The molecule has 1 amide bonds. The predicted octanol–water partition coefficient (Wildman–Crippen LogP) is 3.98. The summed E-state index contributed by atoms with van der Waals surface area (Å²) >= 11 is 0. The first-order valence-electron chi connectivity index (χ1n) is 8.39. The number of benzene rings is 2. The molecule has 1 aliphatic carbocycles. The number of amides is 1. The van der Waals surface area contributed by atoms with Crippen LogP contribution in [0.3, 0.4) is 0 Å². The molecule has 0 heterocycles. The third kappa shape index (κ3) is 3.70. The largest absolute Gasteiger partial charge is 0.495 e. The van der Waals surface area contributed by atoms with E-state index < -0.39 is 6.10 Å². The first kappa shape index (κ1) is 16.4. The summed E-state index contributed by atoms with van der Waals surface area (Å²) in [6.45, 7) is 1.75. The lowest BCUT2D eigenvalue weighted by Gasteiger charge is -2.19. The van der Waals surface area contributed by atoms with Crippen molar-refractivity contribution < 1.29 is 14.3 Å². The summed E-state index contributed by atoms with van der Waals surface area (Å²) in [6, 6.07) is 13.5. The van der Waals surface area contributed by atoms with Crippen LogP contribution in [0.25, 0.3) is 0 Å². The van der Waals surface area contributed by atoms with Crippen LogP contribution in [-0.2, 0) is 17.6 Å². The van der Waals surface area contributed by atoms with Gasteiger partial charge in [0.25, 0.3) is 5.91 Å². The van der Waals surface area contributed by atoms with Crippen molar-refractivity contribution in [2.24, 2.45) is 0 Å². The number of fused-ring (bicyclic) bond motifs is 1. The minimum Gasteiger partial charge on any atom is -0.495 e. The number of rotatable bonds is 5. The molecule has 3 rings (SSSR count). The van der Waals surface area contributed by atoms with E-state index in [0.717, 1.165) is 18.6 Å². The van der Waals surface area contributed by atoms with Crippen LogP contribution in [0.4, 0.5) is 5.69 Å². The molecule has 2 aromatic carbocycles. The van der Waals surface area contributed by atoms with Crippen molar-refractivity contribution in [2.75, 3.05) is 12.4 Å². The molecule has 0 saturated heterocycles. The molecule has 0 saturated carbocycles. The van der Waals surface area contributed by atoms with Crippen LogP contribution in [0.1, 0.15) is 30.9 Å².